The molecule has 3 amide bonds. The molecule has 0 radical (unpaired) electrons. The zero-order valence-corrected chi connectivity index (χ0v) is 9.84. The van der Waals surface area contributed by atoms with Crippen molar-refractivity contribution in [3.8, 4) is 0 Å². The molecule has 0 aliphatic carbocycles. The first-order valence-electron chi connectivity index (χ1n) is 4.98. The molecule has 1 unspecified atom stereocenters. The molecule has 1 rings (SSSR count). The van der Waals surface area contributed by atoms with Crippen molar-refractivity contribution in [3.05, 3.63) is 0 Å². The van der Waals surface area contributed by atoms with Crippen LogP contribution >= 0.6 is 0 Å². The molecule has 0 bridgehead atoms. The first-order chi connectivity index (χ1) is 7.12. The van der Waals surface area contributed by atoms with Crippen molar-refractivity contribution in [2.75, 3.05) is 0 Å². The minimum Gasteiger partial charge on any atom is -0.429 e. The summed E-state index contributed by atoms with van der Waals surface area (Å²) < 4.78 is 4.97. The molecule has 16 heavy (non-hydrogen) atoms. The number of hydrogen-bond donors (Lipinski definition) is 2. The van der Waals surface area contributed by atoms with E-state index in [0.29, 0.717) is 0 Å². The molecule has 1 aliphatic rings. The highest BCUT2D eigenvalue weighted by atomic mass is 16.6. The van der Waals surface area contributed by atoms with Gasteiger partial charge in [-0.3, -0.25) is 20.2 Å². The van der Waals surface area contributed by atoms with Gasteiger partial charge in [0.2, 0.25) is 0 Å². The Balaban J connectivity index is 2.64. The van der Waals surface area contributed by atoms with E-state index in [0.717, 1.165) is 0 Å². The fourth-order valence-corrected chi connectivity index (χ4v) is 1.30. The molecule has 0 spiro atoms. The lowest BCUT2D eigenvalue weighted by Gasteiger charge is -2.23. The van der Waals surface area contributed by atoms with Gasteiger partial charge in [-0.2, -0.15) is 0 Å². The van der Waals surface area contributed by atoms with Crippen molar-refractivity contribution in [3.63, 3.8) is 0 Å². The second-order valence-electron chi connectivity index (χ2n) is 5.15. The summed E-state index contributed by atoms with van der Waals surface area (Å²) in [4.78, 5) is 33.8. The highest BCUT2D eigenvalue weighted by molar-refractivity contribution is 6.06. The minimum absolute atomic E-state index is 0.172. The van der Waals surface area contributed by atoms with Crippen molar-refractivity contribution < 1.29 is 19.1 Å². The van der Waals surface area contributed by atoms with Gasteiger partial charge in [0, 0.05) is 6.92 Å². The lowest BCUT2D eigenvalue weighted by molar-refractivity contribution is -0.167. The third kappa shape index (κ3) is 2.95. The molecular formula is C10H16N2O4. The first kappa shape index (κ1) is 12.5. The number of carbonyl (C=O) groups is 3. The summed E-state index contributed by atoms with van der Waals surface area (Å²) in [5.74, 6) is -1.17. The van der Waals surface area contributed by atoms with Gasteiger partial charge in [-0.1, -0.05) is 20.8 Å². The molecule has 0 aromatic heterocycles. The third-order valence-electron chi connectivity index (χ3n) is 2.01. The number of ether oxygens (including phenoxy) is 1. The summed E-state index contributed by atoms with van der Waals surface area (Å²) in [6, 6.07) is -0.656. The van der Waals surface area contributed by atoms with E-state index in [9.17, 15) is 14.4 Å². The molecule has 1 atom stereocenters. The van der Waals surface area contributed by atoms with E-state index in [1.807, 2.05) is 26.1 Å². The lowest BCUT2D eigenvalue weighted by Crippen LogP contribution is -2.48. The summed E-state index contributed by atoms with van der Waals surface area (Å²) >= 11 is 0. The quantitative estimate of drug-likeness (QED) is 0.533. The maximum Gasteiger partial charge on any atom is 0.325 e. The zero-order chi connectivity index (χ0) is 12.6. The summed E-state index contributed by atoms with van der Waals surface area (Å²) in [6.07, 6.45) is 0.172. The molecule has 1 fully saturated rings. The van der Waals surface area contributed by atoms with Crippen LogP contribution in [0.25, 0.3) is 0 Å². The molecule has 1 heterocycles. The highest BCUT2D eigenvalue weighted by Gasteiger charge is 2.45. The minimum atomic E-state index is -1.58. The van der Waals surface area contributed by atoms with E-state index in [1.165, 1.54) is 6.92 Å². The molecule has 6 nitrogen and oxygen atoms in total. The fraction of sp³-hybridized carbons (Fsp3) is 0.700. The zero-order valence-electron chi connectivity index (χ0n) is 9.84. The van der Waals surface area contributed by atoms with E-state index < -0.39 is 23.6 Å². The van der Waals surface area contributed by atoms with Crippen LogP contribution in [-0.2, 0) is 14.3 Å². The van der Waals surface area contributed by atoms with Crippen LogP contribution in [0.2, 0.25) is 0 Å². The van der Waals surface area contributed by atoms with Gasteiger partial charge in [-0.05, 0) is 5.41 Å². The van der Waals surface area contributed by atoms with Crippen LogP contribution in [-0.4, -0.2) is 23.6 Å². The Kier molecular flexibility index (Phi) is 2.94. The Labute approximate surface area is 93.7 Å². The summed E-state index contributed by atoms with van der Waals surface area (Å²) in [6.45, 7) is 6.98. The van der Waals surface area contributed by atoms with Crippen LogP contribution in [0.4, 0.5) is 4.79 Å². The predicted octanol–water partition coefficient (Wildman–Crippen LogP) is 0.521. The van der Waals surface area contributed by atoms with Gasteiger partial charge in [0.05, 0.1) is 6.42 Å². The van der Waals surface area contributed by atoms with Gasteiger partial charge in [0.15, 0.2) is 0 Å². The highest BCUT2D eigenvalue weighted by Crippen LogP contribution is 2.21. The topological polar surface area (TPSA) is 84.5 Å². The van der Waals surface area contributed by atoms with Crippen molar-refractivity contribution in [1.82, 2.24) is 10.6 Å². The van der Waals surface area contributed by atoms with Crippen molar-refractivity contribution in [2.24, 2.45) is 5.41 Å². The molecule has 1 aliphatic heterocycles. The van der Waals surface area contributed by atoms with Crippen LogP contribution in [0.1, 0.15) is 34.1 Å². The maximum absolute atomic E-state index is 11.5. The standard InChI is InChI=1S/C10H16N2O4/c1-9(2,3)5-6(13)16-10(4)7(14)11-8(15)12-10/h5H2,1-4H3,(H2,11,12,14,15). The average Bonchev–Trinajstić information content (AvgIpc) is 2.19. The summed E-state index contributed by atoms with van der Waals surface area (Å²) in [5.41, 5.74) is -1.81. The van der Waals surface area contributed by atoms with E-state index in [1.54, 1.807) is 0 Å². The number of nitrogens with one attached hydrogen (secondary N) is 2. The number of imide groups is 1. The van der Waals surface area contributed by atoms with Crippen LogP contribution < -0.4 is 10.6 Å². The largest absolute Gasteiger partial charge is 0.429 e. The molecule has 0 saturated carbocycles. The SMILES string of the molecule is CC(C)(C)CC(=O)OC1(C)NC(=O)NC1=O. The molecule has 0 aromatic rings. The smallest absolute Gasteiger partial charge is 0.325 e. The third-order valence-corrected chi connectivity index (χ3v) is 2.01. The lowest BCUT2D eigenvalue weighted by atomic mass is 9.92. The van der Waals surface area contributed by atoms with Crippen molar-refractivity contribution in [1.29, 1.82) is 0 Å². The van der Waals surface area contributed by atoms with E-state index in [-0.39, 0.29) is 11.8 Å². The predicted molar refractivity (Wildman–Crippen MR) is 55.2 cm³/mol. The number of rotatable bonds is 2. The Morgan fingerprint density at radius 2 is 1.94 bits per heavy atom. The molecule has 6 heteroatoms. The van der Waals surface area contributed by atoms with Gasteiger partial charge in [-0.15, -0.1) is 0 Å². The van der Waals surface area contributed by atoms with E-state index in [2.05, 4.69) is 5.32 Å². The van der Waals surface area contributed by atoms with Crippen molar-refractivity contribution >= 4 is 17.9 Å². The molecule has 2 N–H and O–H groups in total. The normalized spacial score (nSPS) is 25.0. The van der Waals surface area contributed by atoms with Gasteiger partial charge in [0.25, 0.3) is 11.6 Å². The van der Waals surface area contributed by atoms with Gasteiger partial charge in [-0.25, -0.2) is 4.79 Å². The Morgan fingerprint density at radius 1 is 1.38 bits per heavy atom. The second-order valence-corrected chi connectivity index (χ2v) is 5.15. The Hall–Kier alpha value is -1.59. The number of urea groups is 1. The number of hydrogen-bond acceptors (Lipinski definition) is 4. The summed E-state index contributed by atoms with van der Waals surface area (Å²) in [7, 11) is 0. The van der Waals surface area contributed by atoms with Gasteiger partial charge < -0.3 is 4.74 Å². The van der Waals surface area contributed by atoms with E-state index >= 15 is 0 Å². The molecule has 0 aromatic carbocycles. The Morgan fingerprint density at radius 3 is 2.31 bits per heavy atom. The van der Waals surface area contributed by atoms with Gasteiger partial charge in [0.1, 0.15) is 0 Å². The Bertz CT molecular complexity index is 345. The van der Waals surface area contributed by atoms with Crippen LogP contribution in [0.15, 0.2) is 0 Å². The van der Waals surface area contributed by atoms with Crippen LogP contribution in [0.3, 0.4) is 0 Å². The van der Waals surface area contributed by atoms with Crippen molar-refractivity contribution in [2.45, 2.75) is 39.8 Å². The van der Waals surface area contributed by atoms with Gasteiger partial charge >= 0.3 is 12.0 Å². The second kappa shape index (κ2) is 3.77. The monoisotopic (exact) mass is 228 g/mol. The fourth-order valence-electron chi connectivity index (χ4n) is 1.30. The molecule has 1 saturated heterocycles. The van der Waals surface area contributed by atoms with E-state index in [4.69, 9.17) is 4.74 Å². The van der Waals surface area contributed by atoms with Crippen LogP contribution in [0.5, 0.6) is 0 Å². The van der Waals surface area contributed by atoms with Crippen LogP contribution in [0, 0.1) is 5.41 Å². The summed E-state index contributed by atoms with van der Waals surface area (Å²) in [5, 5.41) is 4.26. The molecule has 90 valence electrons. The average molecular weight is 228 g/mol. The number of amides is 3. The molecular weight excluding hydrogens is 212 g/mol. The number of esters is 1. The number of carbonyl (C=O) groups excluding carboxylic acids is 3. The maximum atomic E-state index is 11.5. The first-order valence-corrected chi connectivity index (χ1v) is 4.98.